The molecule has 0 heterocycles. The lowest BCUT2D eigenvalue weighted by atomic mass is 10.2. The molecular weight excluding hydrogens is 317 g/mol. The van der Waals surface area contributed by atoms with Crippen molar-refractivity contribution in [2.45, 2.75) is 6.61 Å². The van der Waals surface area contributed by atoms with Gasteiger partial charge in [-0.25, -0.2) is 8.78 Å². The molecular formula is C16H10Cl2F2O. The van der Waals surface area contributed by atoms with E-state index in [1.807, 2.05) is 0 Å². The summed E-state index contributed by atoms with van der Waals surface area (Å²) in [5.74, 6) is 4.63. The highest BCUT2D eigenvalue weighted by molar-refractivity contribution is 6.30. The summed E-state index contributed by atoms with van der Waals surface area (Å²) in [6.07, 6.45) is 0. The van der Waals surface area contributed by atoms with Crippen LogP contribution in [0.25, 0.3) is 0 Å². The minimum absolute atomic E-state index is 0.0252. The summed E-state index contributed by atoms with van der Waals surface area (Å²) >= 11 is 11.1. The molecule has 0 aliphatic rings. The third-order valence-electron chi connectivity index (χ3n) is 2.61. The van der Waals surface area contributed by atoms with Crippen molar-refractivity contribution in [3.05, 3.63) is 64.2 Å². The largest absolute Gasteiger partial charge is 0.486 e. The normalized spacial score (nSPS) is 9.90. The molecule has 0 atom stereocenters. The molecule has 108 valence electrons. The van der Waals surface area contributed by atoms with Crippen molar-refractivity contribution in [1.82, 2.24) is 0 Å². The van der Waals surface area contributed by atoms with Gasteiger partial charge in [-0.15, -0.1) is 11.6 Å². The van der Waals surface area contributed by atoms with Crippen LogP contribution in [0.5, 0.6) is 5.75 Å². The molecule has 0 fully saturated rings. The summed E-state index contributed by atoms with van der Waals surface area (Å²) in [6.45, 7) is 0.0252. The van der Waals surface area contributed by atoms with Crippen LogP contribution in [-0.4, -0.2) is 5.88 Å². The van der Waals surface area contributed by atoms with Crippen molar-refractivity contribution in [2.75, 3.05) is 5.88 Å². The van der Waals surface area contributed by atoms with Gasteiger partial charge in [-0.3, -0.25) is 0 Å². The predicted molar refractivity (Wildman–Crippen MR) is 79.7 cm³/mol. The fraction of sp³-hybridized carbons (Fsp3) is 0.125. The third-order valence-corrected chi connectivity index (χ3v) is 3.05. The van der Waals surface area contributed by atoms with Crippen molar-refractivity contribution in [2.24, 2.45) is 0 Å². The van der Waals surface area contributed by atoms with E-state index in [4.69, 9.17) is 27.9 Å². The van der Waals surface area contributed by atoms with Crippen LogP contribution in [0, 0.1) is 23.5 Å². The Labute approximate surface area is 131 Å². The summed E-state index contributed by atoms with van der Waals surface area (Å²) in [4.78, 5) is 0. The molecule has 0 saturated heterocycles. The first kappa shape index (κ1) is 15.6. The second-order valence-corrected chi connectivity index (χ2v) is 4.79. The van der Waals surface area contributed by atoms with Gasteiger partial charge in [0.15, 0.2) is 11.6 Å². The number of halogens is 4. The van der Waals surface area contributed by atoms with Crippen molar-refractivity contribution < 1.29 is 13.5 Å². The second-order valence-electron chi connectivity index (χ2n) is 4.12. The first-order chi connectivity index (χ1) is 10.1. The van der Waals surface area contributed by atoms with Crippen LogP contribution in [-0.2, 0) is 6.61 Å². The van der Waals surface area contributed by atoms with E-state index < -0.39 is 11.6 Å². The molecule has 21 heavy (non-hydrogen) atoms. The number of hydrogen-bond acceptors (Lipinski definition) is 1. The smallest absolute Gasteiger partial charge is 0.165 e. The molecule has 0 saturated carbocycles. The SMILES string of the molecule is Fc1cc(COc2cc(C#CCCl)ccc2F)ccc1Cl. The topological polar surface area (TPSA) is 9.23 Å². The first-order valence-electron chi connectivity index (χ1n) is 6.01. The maximum Gasteiger partial charge on any atom is 0.165 e. The molecule has 2 rings (SSSR count). The summed E-state index contributed by atoms with van der Waals surface area (Å²) < 4.78 is 32.3. The van der Waals surface area contributed by atoms with E-state index in [0.29, 0.717) is 11.1 Å². The average molecular weight is 327 g/mol. The van der Waals surface area contributed by atoms with Crippen molar-refractivity contribution >= 4 is 23.2 Å². The molecule has 0 aliphatic carbocycles. The molecule has 1 nitrogen and oxygen atoms in total. The van der Waals surface area contributed by atoms with Crippen LogP contribution in [0.15, 0.2) is 36.4 Å². The van der Waals surface area contributed by atoms with Gasteiger partial charge in [0, 0.05) is 5.56 Å². The zero-order valence-corrected chi connectivity index (χ0v) is 12.3. The Hall–Kier alpha value is -1.76. The van der Waals surface area contributed by atoms with Crippen LogP contribution in [0.2, 0.25) is 5.02 Å². The van der Waals surface area contributed by atoms with E-state index in [2.05, 4.69) is 11.8 Å². The quantitative estimate of drug-likeness (QED) is 0.582. The van der Waals surface area contributed by atoms with E-state index >= 15 is 0 Å². The Balaban J connectivity index is 2.13. The van der Waals surface area contributed by atoms with Crippen LogP contribution >= 0.6 is 23.2 Å². The highest BCUT2D eigenvalue weighted by Crippen LogP contribution is 2.21. The number of hydrogen-bond donors (Lipinski definition) is 0. The van der Waals surface area contributed by atoms with E-state index in [-0.39, 0.29) is 23.3 Å². The Kier molecular flexibility index (Phi) is 5.44. The summed E-state index contributed by atoms with van der Waals surface area (Å²) in [6, 6.07) is 8.55. The highest BCUT2D eigenvalue weighted by atomic mass is 35.5. The standard InChI is InChI=1S/C16H10Cl2F2O/c17-7-1-2-11-4-6-14(19)16(9-11)21-10-12-3-5-13(18)15(20)8-12/h3-6,8-9H,7,10H2. The molecule has 2 aromatic rings. The lowest BCUT2D eigenvalue weighted by molar-refractivity contribution is 0.289. The maximum atomic E-state index is 13.6. The molecule has 2 aromatic carbocycles. The number of ether oxygens (including phenoxy) is 1. The van der Waals surface area contributed by atoms with Gasteiger partial charge in [0.1, 0.15) is 12.4 Å². The van der Waals surface area contributed by atoms with Crippen molar-refractivity contribution in [1.29, 1.82) is 0 Å². The lowest BCUT2D eigenvalue weighted by Gasteiger charge is -2.08. The van der Waals surface area contributed by atoms with Gasteiger partial charge < -0.3 is 4.74 Å². The van der Waals surface area contributed by atoms with Gasteiger partial charge in [-0.1, -0.05) is 29.5 Å². The molecule has 0 N–H and O–H groups in total. The van der Waals surface area contributed by atoms with Gasteiger partial charge in [-0.2, -0.15) is 0 Å². The van der Waals surface area contributed by atoms with E-state index in [9.17, 15) is 8.78 Å². The zero-order valence-electron chi connectivity index (χ0n) is 10.8. The summed E-state index contributed by atoms with van der Waals surface area (Å²) in [5, 5.41) is 0.0308. The van der Waals surface area contributed by atoms with Crippen LogP contribution in [0.4, 0.5) is 8.78 Å². The Morgan fingerprint density at radius 3 is 2.57 bits per heavy atom. The van der Waals surface area contributed by atoms with E-state index in [1.165, 1.54) is 30.3 Å². The molecule has 0 amide bonds. The maximum absolute atomic E-state index is 13.6. The lowest BCUT2D eigenvalue weighted by Crippen LogP contribution is -1.98. The second kappa shape index (κ2) is 7.31. The number of alkyl halides is 1. The van der Waals surface area contributed by atoms with Gasteiger partial charge in [0.05, 0.1) is 10.9 Å². The van der Waals surface area contributed by atoms with Gasteiger partial charge in [0.25, 0.3) is 0 Å². The van der Waals surface area contributed by atoms with E-state index in [0.717, 1.165) is 0 Å². The summed E-state index contributed by atoms with van der Waals surface area (Å²) in [7, 11) is 0. The molecule has 0 unspecified atom stereocenters. The van der Waals surface area contributed by atoms with Crippen LogP contribution < -0.4 is 4.74 Å². The summed E-state index contributed by atoms with van der Waals surface area (Å²) in [5.41, 5.74) is 1.14. The fourth-order valence-corrected chi connectivity index (χ4v) is 1.80. The van der Waals surface area contributed by atoms with Gasteiger partial charge in [0.2, 0.25) is 0 Å². The van der Waals surface area contributed by atoms with Crippen molar-refractivity contribution in [3.8, 4) is 17.6 Å². The molecule has 0 aromatic heterocycles. The minimum Gasteiger partial charge on any atom is -0.486 e. The monoisotopic (exact) mass is 326 g/mol. The zero-order chi connectivity index (χ0) is 15.2. The first-order valence-corrected chi connectivity index (χ1v) is 6.92. The third kappa shape index (κ3) is 4.35. The molecule has 0 spiro atoms. The molecule has 5 heteroatoms. The molecule has 0 radical (unpaired) electrons. The average Bonchev–Trinajstić information content (AvgIpc) is 2.48. The molecule has 0 bridgehead atoms. The number of rotatable bonds is 3. The Bertz CT molecular complexity index is 705. The van der Waals surface area contributed by atoms with Crippen molar-refractivity contribution in [3.63, 3.8) is 0 Å². The molecule has 0 aliphatic heterocycles. The highest BCUT2D eigenvalue weighted by Gasteiger charge is 2.06. The predicted octanol–water partition coefficient (Wildman–Crippen LogP) is 4.79. The van der Waals surface area contributed by atoms with Gasteiger partial charge in [-0.05, 0) is 35.9 Å². The number of benzene rings is 2. The van der Waals surface area contributed by atoms with Crippen LogP contribution in [0.1, 0.15) is 11.1 Å². The van der Waals surface area contributed by atoms with E-state index in [1.54, 1.807) is 6.07 Å². The van der Waals surface area contributed by atoms with Crippen LogP contribution in [0.3, 0.4) is 0 Å². The minimum atomic E-state index is -0.542. The Morgan fingerprint density at radius 2 is 1.86 bits per heavy atom. The van der Waals surface area contributed by atoms with Gasteiger partial charge >= 0.3 is 0 Å². The Morgan fingerprint density at radius 1 is 1.05 bits per heavy atom. The fourth-order valence-electron chi connectivity index (χ4n) is 1.62.